The lowest BCUT2D eigenvalue weighted by Crippen LogP contribution is -2.29. The van der Waals surface area contributed by atoms with Gasteiger partial charge in [-0.2, -0.15) is 18.3 Å². The van der Waals surface area contributed by atoms with Gasteiger partial charge in [0, 0.05) is 17.3 Å². The lowest BCUT2D eigenvalue weighted by molar-refractivity contribution is -0.167. The van der Waals surface area contributed by atoms with E-state index in [2.05, 4.69) is 10.5 Å². The van der Waals surface area contributed by atoms with E-state index in [1.54, 1.807) is 5.32 Å². The Hall–Kier alpha value is -3.56. The summed E-state index contributed by atoms with van der Waals surface area (Å²) in [7, 11) is 0. The van der Waals surface area contributed by atoms with Gasteiger partial charge in [0.05, 0.1) is 5.71 Å². The van der Waals surface area contributed by atoms with Gasteiger partial charge in [-0.3, -0.25) is 9.59 Å². The van der Waals surface area contributed by atoms with E-state index in [9.17, 15) is 33.0 Å². The molecular weight excluding hydrogens is 367 g/mol. The fourth-order valence-electron chi connectivity index (χ4n) is 2.01. The van der Waals surface area contributed by atoms with Gasteiger partial charge in [-0.05, 0) is 36.8 Å². The highest BCUT2D eigenvalue weighted by Gasteiger charge is 2.38. The predicted octanol–water partition coefficient (Wildman–Crippen LogP) is 2.75. The molecule has 0 atom stereocenters. The lowest BCUT2D eigenvalue weighted by Gasteiger charge is -2.09. The van der Waals surface area contributed by atoms with Gasteiger partial charge < -0.3 is 15.5 Å². The molecule has 2 aromatic carbocycles. The third-order valence-electron chi connectivity index (χ3n) is 3.29. The van der Waals surface area contributed by atoms with E-state index in [0.717, 1.165) is 18.2 Å². The number of hydrogen-bond donors (Lipinski definition) is 4. The fraction of sp³-hybridized carbons (Fsp3) is 0.118. The van der Waals surface area contributed by atoms with Crippen LogP contribution in [0.15, 0.2) is 47.6 Å². The molecule has 2 aromatic rings. The monoisotopic (exact) mass is 381 g/mol. The van der Waals surface area contributed by atoms with Crippen molar-refractivity contribution in [1.82, 2.24) is 5.43 Å². The highest BCUT2D eigenvalue weighted by atomic mass is 19.4. The Morgan fingerprint density at radius 1 is 1.00 bits per heavy atom. The van der Waals surface area contributed by atoms with E-state index in [1.165, 1.54) is 31.2 Å². The van der Waals surface area contributed by atoms with Crippen LogP contribution in [0.2, 0.25) is 0 Å². The third-order valence-corrected chi connectivity index (χ3v) is 3.29. The van der Waals surface area contributed by atoms with Gasteiger partial charge in [0.1, 0.15) is 11.5 Å². The molecule has 0 aliphatic heterocycles. The van der Waals surface area contributed by atoms with Crippen LogP contribution >= 0.6 is 0 Å². The van der Waals surface area contributed by atoms with Crippen LogP contribution in [-0.2, 0) is 4.79 Å². The smallest absolute Gasteiger partial charge is 0.471 e. The highest BCUT2D eigenvalue weighted by molar-refractivity contribution is 6.02. The summed E-state index contributed by atoms with van der Waals surface area (Å²) in [6.07, 6.45) is -5.01. The standard InChI is InChI=1S/C17H14F3N3O4/c1-9(22-23-15(26)11-6-13(24)8-14(25)7-11)10-3-2-4-12(5-10)21-16(27)17(18,19)20/h2-8,24-25H,1H3,(H,21,27)(H,23,26)/b22-9+. The molecule has 0 heterocycles. The molecule has 2 rings (SSSR count). The number of carbonyl (C=O) groups excluding carboxylic acids is 2. The lowest BCUT2D eigenvalue weighted by atomic mass is 10.1. The minimum atomic E-state index is -5.01. The van der Waals surface area contributed by atoms with Crippen LogP contribution < -0.4 is 10.7 Å². The van der Waals surface area contributed by atoms with E-state index < -0.39 is 18.0 Å². The fourth-order valence-corrected chi connectivity index (χ4v) is 2.01. The van der Waals surface area contributed by atoms with Crippen molar-refractivity contribution in [3.8, 4) is 11.5 Å². The number of carbonyl (C=O) groups is 2. The zero-order valence-electron chi connectivity index (χ0n) is 13.8. The molecule has 10 heteroatoms. The Morgan fingerprint density at radius 2 is 1.63 bits per heavy atom. The zero-order valence-corrected chi connectivity index (χ0v) is 13.8. The summed E-state index contributed by atoms with van der Waals surface area (Å²) in [6.45, 7) is 1.49. The van der Waals surface area contributed by atoms with Crippen molar-refractivity contribution >= 4 is 23.2 Å². The second kappa shape index (κ2) is 7.77. The maximum absolute atomic E-state index is 12.3. The van der Waals surface area contributed by atoms with Crippen molar-refractivity contribution in [3.63, 3.8) is 0 Å². The molecule has 142 valence electrons. The third kappa shape index (κ3) is 5.46. The number of rotatable bonds is 4. The quantitative estimate of drug-likeness (QED) is 0.482. The van der Waals surface area contributed by atoms with Crippen molar-refractivity contribution < 1.29 is 33.0 Å². The molecule has 0 aliphatic rings. The van der Waals surface area contributed by atoms with Gasteiger partial charge in [0.2, 0.25) is 0 Å². The van der Waals surface area contributed by atoms with Crippen molar-refractivity contribution in [2.24, 2.45) is 5.10 Å². The van der Waals surface area contributed by atoms with Gasteiger partial charge in [-0.1, -0.05) is 12.1 Å². The Kier molecular flexibility index (Phi) is 5.69. The van der Waals surface area contributed by atoms with Crippen LogP contribution in [0.3, 0.4) is 0 Å². The summed E-state index contributed by atoms with van der Waals surface area (Å²) in [5.74, 6) is -3.45. The van der Waals surface area contributed by atoms with Gasteiger partial charge in [0.15, 0.2) is 0 Å². The van der Waals surface area contributed by atoms with Crippen LogP contribution in [0.4, 0.5) is 18.9 Å². The first-order valence-corrected chi connectivity index (χ1v) is 7.42. The largest absolute Gasteiger partial charge is 0.508 e. The second-order valence-corrected chi connectivity index (χ2v) is 5.41. The topological polar surface area (TPSA) is 111 Å². The number of hydrazone groups is 1. The van der Waals surface area contributed by atoms with Crippen molar-refractivity contribution in [3.05, 3.63) is 53.6 Å². The zero-order chi connectivity index (χ0) is 20.2. The summed E-state index contributed by atoms with van der Waals surface area (Å²) < 4.78 is 36.9. The summed E-state index contributed by atoms with van der Waals surface area (Å²) in [4.78, 5) is 23.0. The first-order valence-electron chi connectivity index (χ1n) is 7.42. The molecule has 27 heavy (non-hydrogen) atoms. The molecule has 0 saturated carbocycles. The summed E-state index contributed by atoms with van der Waals surface area (Å²) in [6, 6.07) is 8.75. The minimum absolute atomic E-state index is 0.0461. The molecule has 0 bridgehead atoms. The molecule has 0 unspecified atom stereocenters. The minimum Gasteiger partial charge on any atom is -0.508 e. The molecule has 2 amide bonds. The summed E-state index contributed by atoms with van der Waals surface area (Å²) >= 11 is 0. The number of phenolic OH excluding ortho intramolecular Hbond substituents is 2. The van der Waals surface area contributed by atoms with E-state index in [0.29, 0.717) is 5.56 Å². The summed E-state index contributed by atoms with van der Waals surface area (Å²) in [5.41, 5.74) is 2.66. The average molecular weight is 381 g/mol. The van der Waals surface area contributed by atoms with Crippen LogP contribution in [0, 0.1) is 0 Å². The van der Waals surface area contributed by atoms with Crippen LogP contribution in [-0.4, -0.2) is 33.9 Å². The maximum atomic E-state index is 12.3. The summed E-state index contributed by atoms with van der Waals surface area (Å²) in [5, 5.41) is 24.3. The molecule has 0 spiro atoms. The molecular formula is C17H14F3N3O4. The number of amides is 2. The SMILES string of the molecule is C/C(=N\NC(=O)c1cc(O)cc(O)c1)c1cccc(NC(=O)C(F)(F)F)c1. The highest BCUT2D eigenvalue weighted by Crippen LogP contribution is 2.21. The number of benzene rings is 2. The van der Waals surface area contributed by atoms with Crippen LogP contribution in [0.5, 0.6) is 11.5 Å². The van der Waals surface area contributed by atoms with Gasteiger partial charge in [-0.15, -0.1) is 0 Å². The number of nitrogens with one attached hydrogen (secondary N) is 2. The molecule has 0 aromatic heterocycles. The molecule has 0 saturated heterocycles. The Balaban J connectivity index is 2.12. The average Bonchev–Trinajstić information content (AvgIpc) is 2.57. The van der Waals surface area contributed by atoms with Gasteiger partial charge in [-0.25, -0.2) is 5.43 Å². The van der Waals surface area contributed by atoms with Crippen LogP contribution in [0.25, 0.3) is 0 Å². The number of hydrogen-bond acceptors (Lipinski definition) is 5. The number of anilines is 1. The first kappa shape index (κ1) is 19.8. The van der Waals surface area contributed by atoms with E-state index in [1.807, 2.05) is 0 Å². The molecule has 0 radical (unpaired) electrons. The van der Waals surface area contributed by atoms with Crippen molar-refractivity contribution in [2.75, 3.05) is 5.32 Å². The molecule has 0 aliphatic carbocycles. The van der Waals surface area contributed by atoms with E-state index in [-0.39, 0.29) is 28.5 Å². The Labute approximate surface area is 151 Å². The van der Waals surface area contributed by atoms with Gasteiger partial charge >= 0.3 is 12.1 Å². The van der Waals surface area contributed by atoms with Crippen molar-refractivity contribution in [1.29, 1.82) is 0 Å². The van der Waals surface area contributed by atoms with E-state index in [4.69, 9.17) is 0 Å². The maximum Gasteiger partial charge on any atom is 0.471 e. The Bertz CT molecular complexity index is 890. The van der Waals surface area contributed by atoms with Crippen molar-refractivity contribution in [2.45, 2.75) is 13.1 Å². The predicted molar refractivity (Wildman–Crippen MR) is 90.6 cm³/mol. The van der Waals surface area contributed by atoms with Crippen LogP contribution in [0.1, 0.15) is 22.8 Å². The first-order chi connectivity index (χ1) is 12.6. The Morgan fingerprint density at radius 3 is 2.22 bits per heavy atom. The number of aromatic hydroxyl groups is 2. The number of alkyl halides is 3. The number of nitrogens with zero attached hydrogens (tertiary/aromatic N) is 1. The number of phenols is 2. The second-order valence-electron chi connectivity index (χ2n) is 5.41. The number of halogens is 3. The normalized spacial score (nSPS) is 11.8. The molecule has 7 nitrogen and oxygen atoms in total. The van der Waals surface area contributed by atoms with Gasteiger partial charge in [0.25, 0.3) is 5.91 Å². The molecule has 0 fully saturated rings. The molecule has 4 N–H and O–H groups in total. The van der Waals surface area contributed by atoms with E-state index >= 15 is 0 Å².